The Hall–Kier alpha value is -1.24. The van der Waals surface area contributed by atoms with Crippen molar-refractivity contribution in [3.05, 3.63) is 11.6 Å². The Morgan fingerprint density at radius 1 is 1.19 bits per heavy atom. The molecule has 0 aromatic carbocycles. The van der Waals surface area contributed by atoms with Crippen LogP contribution in [0.3, 0.4) is 0 Å². The molecule has 0 amide bonds. The van der Waals surface area contributed by atoms with Crippen LogP contribution in [0, 0.1) is 63.6 Å². The zero-order valence-corrected chi connectivity index (χ0v) is 23.4. The van der Waals surface area contributed by atoms with Crippen molar-refractivity contribution < 1.29 is 28.9 Å². The van der Waals surface area contributed by atoms with E-state index in [2.05, 4.69) is 47.6 Å². The van der Waals surface area contributed by atoms with Crippen LogP contribution in [-0.4, -0.2) is 49.1 Å². The predicted molar refractivity (Wildman–Crippen MR) is 138 cm³/mol. The van der Waals surface area contributed by atoms with Crippen LogP contribution in [0.1, 0.15) is 73.6 Å². The normalized spacial score (nSPS) is 51.9. The number of allylic oxidation sites excluding steroid dienone is 1. The van der Waals surface area contributed by atoms with Crippen molar-refractivity contribution in [1.82, 2.24) is 0 Å². The first-order valence-electron chi connectivity index (χ1n) is 14.8. The van der Waals surface area contributed by atoms with Crippen molar-refractivity contribution in [2.75, 3.05) is 13.2 Å². The summed E-state index contributed by atoms with van der Waals surface area (Å²) < 4.78 is 19.2. The third-order valence-corrected chi connectivity index (χ3v) is 12.3. The van der Waals surface area contributed by atoms with Crippen LogP contribution >= 0.6 is 0 Å². The molecule has 2 unspecified atom stereocenters. The highest BCUT2D eigenvalue weighted by atomic mass is 16.7. The van der Waals surface area contributed by atoms with E-state index in [4.69, 9.17) is 14.2 Å². The van der Waals surface area contributed by atoms with Gasteiger partial charge in [0, 0.05) is 11.8 Å². The van der Waals surface area contributed by atoms with E-state index in [9.17, 15) is 14.7 Å². The summed E-state index contributed by atoms with van der Waals surface area (Å²) in [5.74, 6) is 1.74. The largest absolute Gasteiger partial charge is 0.481 e. The van der Waals surface area contributed by atoms with Crippen molar-refractivity contribution in [3.8, 4) is 0 Å². The number of aldehydes is 1. The van der Waals surface area contributed by atoms with Gasteiger partial charge in [0.1, 0.15) is 11.7 Å². The predicted octanol–water partition coefficient (Wildman–Crippen LogP) is 5.35. The lowest BCUT2D eigenvalue weighted by molar-refractivity contribution is -0.251. The molecular formula is C31H46O6. The van der Waals surface area contributed by atoms with Crippen molar-refractivity contribution in [2.24, 2.45) is 63.6 Å². The first kappa shape index (κ1) is 26.0. The van der Waals surface area contributed by atoms with E-state index in [0.717, 1.165) is 44.1 Å². The van der Waals surface area contributed by atoms with Gasteiger partial charge in [-0.1, -0.05) is 52.7 Å². The molecule has 0 aromatic heterocycles. The summed E-state index contributed by atoms with van der Waals surface area (Å²) in [4.78, 5) is 26.8. The number of carbonyl (C=O) groups excluding carboxylic acids is 1. The zero-order chi connectivity index (χ0) is 26.5. The fourth-order valence-corrected chi connectivity index (χ4v) is 10.8. The summed E-state index contributed by atoms with van der Waals surface area (Å²) in [7, 11) is 0. The Morgan fingerprint density at radius 3 is 2.59 bits per heavy atom. The second-order valence-corrected chi connectivity index (χ2v) is 14.2. The molecule has 12 atom stereocenters. The average Bonchev–Trinajstić information content (AvgIpc) is 3.55. The van der Waals surface area contributed by atoms with Gasteiger partial charge in [0.25, 0.3) is 0 Å². The maximum atomic E-state index is 13.6. The van der Waals surface area contributed by atoms with E-state index in [1.54, 1.807) is 0 Å². The summed E-state index contributed by atoms with van der Waals surface area (Å²) in [6.45, 7) is 14.2. The number of carboxylic acid groups (broad SMARTS) is 1. The van der Waals surface area contributed by atoms with Gasteiger partial charge in [0.2, 0.25) is 0 Å². The molecular weight excluding hydrogens is 468 g/mol. The summed E-state index contributed by atoms with van der Waals surface area (Å²) in [5.41, 5.74) is -1.67. The minimum atomic E-state index is -1.19. The quantitative estimate of drug-likeness (QED) is 0.364. The molecule has 4 aliphatic carbocycles. The smallest absolute Gasteiger partial charge is 0.315 e. The van der Waals surface area contributed by atoms with Gasteiger partial charge in [-0.05, 0) is 73.5 Å². The summed E-state index contributed by atoms with van der Waals surface area (Å²) >= 11 is 0. The third-order valence-electron chi connectivity index (χ3n) is 12.3. The van der Waals surface area contributed by atoms with E-state index in [1.165, 1.54) is 0 Å². The molecule has 6 aliphatic rings. The number of rotatable bonds is 7. The molecule has 1 N–H and O–H groups in total. The van der Waals surface area contributed by atoms with Gasteiger partial charge in [0.05, 0.1) is 30.8 Å². The standard InChI is InChI=1S/C31H46O6/c1-16(2)23-13-35-27-19(6)37-26(10-21(23)27)36-15-30-12-22-18(5)7-8-24(22)29(14-32)11-20(30)9-25(17(3)4)31(29,30)28(33)34/h9,14,16-24,26-27H,7-8,10-13,15H2,1-6H3,(H,33,34)/t18-,19-,20+,21-,22-,23+,24-,26-,27-,29+,30?,31?/m1/s1. The summed E-state index contributed by atoms with van der Waals surface area (Å²) in [6.07, 6.45) is 7.30. The van der Waals surface area contributed by atoms with Gasteiger partial charge in [-0.15, -0.1) is 0 Å². The van der Waals surface area contributed by atoms with Crippen molar-refractivity contribution >= 4 is 12.3 Å². The summed E-state index contributed by atoms with van der Waals surface area (Å²) in [5, 5.41) is 11.2. The molecule has 37 heavy (non-hydrogen) atoms. The fourth-order valence-electron chi connectivity index (χ4n) is 10.8. The van der Waals surface area contributed by atoms with E-state index < -0.39 is 22.2 Å². The Morgan fingerprint density at radius 2 is 1.95 bits per heavy atom. The Balaban J connectivity index is 1.36. The van der Waals surface area contributed by atoms with Gasteiger partial charge in [-0.25, -0.2) is 0 Å². The number of hydrogen-bond donors (Lipinski definition) is 1. The van der Waals surface area contributed by atoms with Crippen LogP contribution in [0.5, 0.6) is 0 Å². The second-order valence-electron chi connectivity index (χ2n) is 14.2. The third kappa shape index (κ3) is 3.10. The fraction of sp³-hybridized carbons (Fsp3) is 0.871. The Labute approximate surface area is 221 Å². The number of hydrogen-bond acceptors (Lipinski definition) is 5. The SMILES string of the molecule is CC(C)C1=C[C@H]2C[C@]3(C=O)[C@@H]4CC[C@@H](C)[C@H]4CC2(CO[C@H]2C[C@H]4[C@H](OC[C@H]4C(C)C)[C@@H](C)O2)C13C(=O)O. The highest BCUT2D eigenvalue weighted by Gasteiger charge is 2.84. The molecule has 3 saturated carbocycles. The van der Waals surface area contributed by atoms with Crippen LogP contribution in [0.4, 0.5) is 0 Å². The first-order valence-corrected chi connectivity index (χ1v) is 14.8. The highest BCUT2D eigenvalue weighted by molar-refractivity contribution is 5.90. The minimum Gasteiger partial charge on any atom is -0.481 e. The molecule has 2 aliphatic heterocycles. The van der Waals surface area contributed by atoms with Gasteiger partial charge in [-0.2, -0.15) is 0 Å². The van der Waals surface area contributed by atoms with Crippen LogP contribution < -0.4 is 0 Å². The van der Waals surface area contributed by atoms with E-state index in [0.29, 0.717) is 42.6 Å². The number of carbonyl (C=O) groups is 2. The van der Waals surface area contributed by atoms with Gasteiger partial charge < -0.3 is 24.1 Å². The first-order chi connectivity index (χ1) is 17.5. The maximum Gasteiger partial charge on any atom is 0.315 e. The molecule has 0 radical (unpaired) electrons. The van der Waals surface area contributed by atoms with Crippen molar-refractivity contribution in [3.63, 3.8) is 0 Å². The maximum absolute atomic E-state index is 13.6. The number of aliphatic carboxylic acids is 1. The molecule has 206 valence electrons. The number of carboxylic acids is 1. The van der Waals surface area contributed by atoms with Crippen LogP contribution in [0.15, 0.2) is 11.6 Å². The van der Waals surface area contributed by atoms with Crippen molar-refractivity contribution in [2.45, 2.75) is 92.1 Å². The molecule has 5 fully saturated rings. The van der Waals surface area contributed by atoms with Crippen LogP contribution in [0.2, 0.25) is 0 Å². The topological polar surface area (TPSA) is 82.1 Å². The van der Waals surface area contributed by atoms with E-state index in [-0.39, 0.29) is 36.3 Å². The number of fused-ring (bicyclic) bond motifs is 3. The van der Waals surface area contributed by atoms with Gasteiger partial charge in [0.15, 0.2) is 6.29 Å². The Kier molecular flexibility index (Phi) is 6.06. The lowest BCUT2D eigenvalue weighted by Crippen LogP contribution is -2.63. The molecule has 6 heteroatoms. The number of ether oxygens (including phenoxy) is 3. The highest BCUT2D eigenvalue weighted by Crippen LogP contribution is 2.82. The molecule has 4 bridgehead atoms. The minimum absolute atomic E-state index is 0.0518. The molecule has 6 rings (SSSR count). The second kappa shape index (κ2) is 8.63. The molecule has 0 aromatic rings. The van der Waals surface area contributed by atoms with E-state index in [1.807, 2.05) is 0 Å². The van der Waals surface area contributed by atoms with Crippen LogP contribution in [-0.2, 0) is 23.8 Å². The van der Waals surface area contributed by atoms with Crippen molar-refractivity contribution in [1.29, 1.82) is 0 Å². The summed E-state index contributed by atoms with van der Waals surface area (Å²) in [6, 6.07) is 0. The van der Waals surface area contributed by atoms with Crippen LogP contribution in [0.25, 0.3) is 0 Å². The van der Waals surface area contributed by atoms with E-state index >= 15 is 0 Å². The molecule has 0 spiro atoms. The van der Waals surface area contributed by atoms with Gasteiger partial charge in [-0.3, -0.25) is 4.79 Å². The molecule has 2 heterocycles. The lowest BCUT2D eigenvalue weighted by Gasteiger charge is -2.58. The lowest BCUT2D eigenvalue weighted by atomic mass is 9.43. The van der Waals surface area contributed by atoms with Gasteiger partial charge >= 0.3 is 5.97 Å². The molecule has 2 saturated heterocycles. The zero-order valence-electron chi connectivity index (χ0n) is 23.4. The average molecular weight is 515 g/mol. The Bertz CT molecular complexity index is 982. The molecule has 6 nitrogen and oxygen atoms in total. The monoisotopic (exact) mass is 514 g/mol.